The average molecular weight is 382 g/mol. The van der Waals surface area contributed by atoms with Gasteiger partial charge in [0, 0.05) is 6.07 Å². The minimum atomic E-state index is -3.79. The Balaban J connectivity index is 2.02. The zero-order valence-electron chi connectivity index (χ0n) is 15.3. The molecule has 27 heavy (non-hydrogen) atoms. The third-order valence-electron chi connectivity index (χ3n) is 4.17. The van der Waals surface area contributed by atoms with Gasteiger partial charge in [-0.2, -0.15) is 8.42 Å². The van der Waals surface area contributed by atoms with Gasteiger partial charge < -0.3 is 4.74 Å². The molecule has 5 heteroatoms. The molecule has 3 rings (SSSR count). The van der Waals surface area contributed by atoms with Crippen LogP contribution in [0.4, 0.5) is 0 Å². The van der Waals surface area contributed by atoms with Gasteiger partial charge in [0.15, 0.2) is 0 Å². The van der Waals surface area contributed by atoms with E-state index in [1.54, 1.807) is 13.0 Å². The van der Waals surface area contributed by atoms with Crippen LogP contribution >= 0.6 is 0 Å². The van der Waals surface area contributed by atoms with Gasteiger partial charge in [-0.25, -0.2) is 0 Å². The fourth-order valence-corrected chi connectivity index (χ4v) is 3.73. The van der Waals surface area contributed by atoms with Gasteiger partial charge in [-0.3, -0.25) is 4.18 Å². The molecule has 0 aliphatic rings. The second kappa shape index (κ2) is 8.37. The molecule has 0 heterocycles. The van der Waals surface area contributed by atoms with Gasteiger partial charge in [-0.1, -0.05) is 66.7 Å². The van der Waals surface area contributed by atoms with E-state index in [9.17, 15) is 8.42 Å². The summed E-state index contributed by atoms with van der Waals surface area (Å²) >= 11 is 0. The highest BCUT2D eigenvalue weighted by Crippen LogP contribution is 2.32. The van der Waals surface area contributed by atoms with Crippen LogP contribution in [0.5, 0.6) is 5.75 Å². The maximum absolute atomic E-state index is 12.2. The van der Waals surface area contributed by atoms with Crippen LogP contribution in [-0.2, 0) is 14.3 Å². The Bertz CT molecular complexity index is 944. The SMILES string of the molecule is CCOS(=O)(=O)c1ccc(C)c(OC(c2ccccc2)c2ccccc2)c1. The minimum Gasteiger partial charge on any atom is -0.481 e. The zero-order valence-corrected chi connectivity index (χ0v) is 16.1. The smallest absolute Gasteiger partial charge is 0.297 e. The van der Waals surface area contributed by atoms with E-state index < -0.39 is 10.1 Å². The molecule has 0 aliphatic carbocycles. The van der Waals surface area contributed by atoms with Crippen molar-refractivity contribution in [2.24, 2.45) is 0 Å². The molecule has 0 radical (unpaired) electrons. The quantitative estimate of drug-likeness (QED) is 0.546. The van der Waals surface area contributed by atoms with Crippen molar-refractivity contribution in [1.29, 1.82) is 0 Å². The monoisotopic (exact) mass is 382 g/mol. The van der Waals surface area contributed by atoms with E-state index in [2.05, 4.69) is 0 Å². The molecule has 0 bridgehead atoms. The van der Waals surface area contributed by atoms with Crippen molar-refractivity contribution >= 4 is 10.1 Å². The van der Waals surface area contributed by atoms with E-state index in [0.29, 0.717) is 5.75 Å². The molecule has 0 unspecified atom stereocenters. The van der Waals surface area contributed by atoms with Gasteiger partial charge >= 0.3 is 0 Å². The molecule has 0 atom stereocenters. The molecule has 3 aromatic carbocycles. The normalized spacial score (nSPS) is 11.5. The van der Waals surface area contributed by atoms with Crippen LogP contribution in [0.15, 0.2) is 83.8 Å². The standard InChI is InChI=1S/C22H22O4S/c1-3-25-27(23,24)20-15-14-17(2)21(16-20)26-22(18-10-6-4-7-11-18)19-12-8-5-9-13-19/h4-16,22H,3H2,1-2H3. The first-order valence-electron chi connectivity index (χ1n) is 8.78. The number of ether oxygens (including phenoxy) is 1. The second-order valence-corrected chi connectivity index (χ2v) is 7.72. The Morgan fingerprint density at radius 1 is 0.852 bits per heavy atom. The summed E-state index contributed by atoms with van der Waals surface area (Å²) in [7, 11) is -3.79. The average Bonchev–Trinajstić information content (AvgIpc) is 2.68. The molecule has 3 aromatic rings. The van der Waals surface area contributed by atoms with E-state index in [0.717, 1.165) is 16.7 Å². The highest BCUT2D eigenvalue weighted by Gasteiger charge is 2.20. The predicted molar refractivity (Wildman–Crippen MR) is 105 cm³/mol. The van der Waals surface area contributed by atoms with Crippen LogP contribution < -0.4 is 4.74 Å². The number of hydrogen-bond acceptors (Lipinski definition) is 4. The van der Waals surface area contributed by atoms with Crippen molar-refractivity contribution in [3.05, 3.63) is 95.6 Å². The summed E-state index contributed by atoms with van der Waals surface area (Å²) in [6.45, 7) is 3.62. The first-order chi connectivity index (χ1) is 13.0. The summed E-state index contributed by atoms with van der Waals surface area (Å²) in [6.07, 6.45) is -0.351. The number of benzene rings is 3. The van der Waals surface area contributed by atoms with Crippen molar-refractivity contribution in [2.75, 3.05) is 6.61 Å². The van der Waals surface area contributed by atoms with E-state index >= 15 is 0 Å². The van der Waals surface area contributed by atoms with Crippen LogP contribution in [0.1, 0.15) is 29.7 Å². The highest BCUT2D eigenvalue weighted by atomic mass is 32.2. The third kappa shape index (κ3) is 4.56. The molecule has 0 saturated heterocycles. The van der Waals surface area contributed by atoms with Crippen molar-refractivity contribution in [1.82, 2.24) is 0 Å². The lowest BCUT2D eigenvalue weighted by atomic mass is 10.0. The second-order valence-electron chi connectivity index (χ2n) is 6.11. The molecule has 0 aromatic heterocycles. The molecule has 0 spiro atoms. The summed E-state index contributed by atoms with van der Waals surface area (Å²) in [5, 5.41) is 0. The lowest BCUT2D eigenvalue weighted by Crippen LogP contribution is -2.11. The zero-order chi connectivity index (χ0) is 19.3. The van der Waals surface area contributed by atoms with E-state index in [1.165, 1.54) is 12.1 Å². The summed E-state index contributed by atoms with van der Waals surface area (Å²) in [6, 6.07) is 24.5. The maximum Gasteiger partial charge on any atom is 0.297 e. The van der Waals surface area contributed by atoms with Crippen LogP contribution in [0, 0.1) is 6.92 Å². The van der Waals surface area contributed by atoms with E-state index in [1.807, 2.05) is 67.6 Å². The Hall–Kier alpha value is -2.63. The molecular weight excluding hydrogens is 360 g/mol. The summed E-state index contributed by atoms with van der Waals surface area (Å²) < 4.78 is 35.7. The lowest BCUT2D eigenvalue weighted by molar-refractivity contribution is 0.244. The third-order valence-corrected chi connectivity index (χ3v) is 5.55. The molecule has 4 nitrogen and oxygen atoms in total. The van der Waals surface area contributed by atoms with E-state index in [-0.39, 0.29) is 17.6 Å². The Kier molecular flexibility index (Phi) is 5.94. The van der Waals surface area contributed by atoms with Crippen LogP contribution in [0.25, 0.3) is 0 Å². The Morgan fingerprint density at radius 3 is 1.93 bits per heavy atom. The van der Waals surface area contributed by atoms with Gasteiger partial charge in [-0.05, 0) is 36.6 Å². The van der Waals surface area contributed by atoms with Crippen molar-refractivity contribution in [3.8, 4) is 5.75 Å². The van der Waals surface area contributed by atoms with Crippen LogP contribution in [-0.4, -0.2) is 15.0 Å². The summed E-state index contributed by atoms with van der Waals surface area (Å²) in [4.78, 5) is 0.0878. The minimum absolute atomic E-state index is 0.0864. The lowest BCUT2D eigenvalue weighted by Gasteiger charge is -2.22. The summed E-state index contributed by atoms with van der Waals surface area (Å²) in [5.74, 6) is 0.508. The molecule has 0 aliphatic heterocycles. The maximum atomic E-state index is 12.2. The molecule has 0 amide bonds. The number of rotatable bonds is 7. The molecule has 0 N–H and O–H groups in total. The first-order valence-corrected chi connectivity index (χ1v) is 10.2. The van der Waals surface area contributed by atoms with Gasteiger partial charge in [0.25, 0.3) is 10.1 Å². The molecular formula is C22H22O4S. The molecule has 0 saturated carbocycles. The molecule has 0 fully saturated rings. The van der Waals surface area contributed by atoms with Gasteiger partial charge in [0.2, 0.25) is 0 Å². The van der Waals surface area contributed by atoms with Gasteiger partial charge in [0.1, 0.15) is 11.9 Å². The summed E-state index contributed by atoms with van der Waals surface area (Å²) in [5.41, 5.74) is 2.82. The Labute approximate surface area is 160 Å². The van der Waals surface area contributed by atoms with Crippen LogP contribution in [0.2, 0.25) is 0 Å². The molecule has 140 valence electrons. The predicted octanol–water partition coefficient (Wildman–Crippen LogP) is 4.89. The fourth-order valence-electron chi connectivity index (χ4n) is 2.80. The van der Waals surface area contributed by atoms with Crippen LogP contribution in [0.3, 0.4) is 0 Å². The highest BCUT2D eigenvalue weighted by molar-refractivity contribution is 7.86. The first kappa shape index (κ1) is 19.1. The van der Waals surface area contributed by atoms with Gasteiger partial charge in [-0.15, -0.1) is 0 Å². The van der Waals surface area contributed by atoms with Crippen molar-refractivity contribution in [3.63, 3.8) is 0 Å². The topological polar surface area (TPSA) is 52.6 Å². The largest absolute Gasteiger partial charge is 0.481 e. The van der Waals surface area contributed by atoms with Crippen molar-refractivity contribution < 1.29 is 17.3 Å². The fraction of sp³-hybridized carbons (Fsp3) is 0.182. The van der Waals surface area contributed by atoms with E-state index in [4.69, 9.17) is 8.92 Å². The van der Waals surface area contributed by atoms with Gasteiger partial charge in [0.05, 0.1) is 11.5 Å². The number of hydrogen-bond donors (Lipinski definition) is 0. The Morgan fingerprint density at radius 2 is 1.41 bits per heavy atom. The van der Waals surface area contributed by atoms with Crippen molar-refractivity contribution in [2.45, 2.75) is 24.8 Å². The number of aryl methyl sites for hydroxylation is 1.